The van der Waals surface area contributed by atoms with Gasteiger partial charge in [-0.15, -0.1) is 0 Å². The molecule has 408 valence electrons. The molecule has 0 amide bonds. The van der Waals surface area contributed by atoms with E-state index >= 15 is 0 Å². The minimum absolute atomic E-state index is 0.0695. The van der Waals surface area contributed by atoms with Crippen LogP contribution in [0.5, 0.6) is 0 Å². The van der Waals surface area contributed by atoms with Gasteiger partial charge in [-0.05, 0) is 96.3 Å². The maximum atomic E-state index is 12.3. The Morgan fingerprint density at radius 3 is 0.930 bits per heavy atom. The Bertz CT molecular complexity index is 1350. The summed E-state index contributed by atoms with van der Waals surface area (Å²) in [6.07, 6.45) is 86.9. The molecular weight excluding hydrogens is 873 g/mol. The molecule has 0 rings (SSSR count). The van der Waals surface area contributed by atoms with Gasteiger partial charge in [0, 0.05) is 12.8 Å². The van der Waals surface area contributed by atoms with Crippen molar-refractivity contribution in [3.63, 3.8) is 0 Å². The second kappa shape index (κ2) is 61.1. The highest BCUT2D eigenvalue weighted by atomic mass is 16.6. The zero-order valence-corrected chi connectivity index (χ0v) is 46.7. The van der Waals surface area contributed by atoms with E-state index in [1.54, 1.807) is 0 Å². The number of allylic oxidation sites excluding steroid dienone is 16. The Morgan fingerprint density at radius 2 is 0.606 bits per heavy atom. The number of unbranched alkanes of at least 4 members (excludes halogenated alkanes) is 31. The van der Waals surface area contributed by atoms with Gasteiger partial charge in [-0.25, -0.2) is 0 Å². The van der Waals surface area contributed by atoms with E-state index in [2.05, 4.69) is 111 Å². The fourth-order valence-electron chi connectivity index (χ4n) is 8.59. The fraction of sp³-hybridized carbons (Fsp3) is 0.727. The Hall–Kier alpha value is -3.18. The van der Waals surface area contributed by atoms with Crippen molar-refractivity contribution in [1.82, 2.24) is 0 Å². The zero-order chi connectivity index (χ0) is 51.3. The van der Waals surface area contributed by atoms with E-state index in [1.165, 1.54) is 173 Å². The monoisotopic (exact) mass is 987 g/mol. The normalized spacial score (nSPS) is 12.9. The molecule has 1 N–H and O–H groups in total. The predicted octanol–water partition coefficient (Wildman–Crippen LogP) is 20.7. The summed E-state index contributed by atoms with van der Waals surface area (Å²) in [6.45, 7) is 4.03. The molecule has 0 aromatic rings. The van der Waals surface area contributed by atoms with Gasteiger partial charge >= 0.3 is 11.9 Å². The first-order chi connectivity index (χ1) is 35.1. The molecule has 0 aliphatic carbocycles. The minimum Gasteiger partial charge on any atom is -0.462 e. The van der Waals surface area contributed by atoms with E-state index in [1.807, 2.05) is 0 Å². The molecule has 1 unspecified atom stereocenters. The minimum atomic E-state index is -0.777. The number of hydrogen-bond donors (Lipinski definition) is 1. The molecule has 0 heterocycles. The average molecular weight is 988 g/mol. The summed E-state index contributed by atoms with van der Waals surface area (Å²) < 4.78 is 10.7. The molecular formula is C66H114O5. The van der Waals surface area contributed by atoms with E-state index in [4.69, 9.17) is 9.47 Å². The highest BCUT2D eigenvalue weighted by molar-refractivity contribution is 5.70. The molecule has 71 heavy (non-hydrogen) atoms. The van der Waals surface area contributed by atoms with Crippen molar-refractivity contribution in [2.24, 2.45) is 0 Å². The first-order valence-electron chi connectivity index (χ1n) is 30.3. The van der Waals surface area contributed by atoms with E-state index in [-0.39, 0.29) is 25.2 Å². The lowest BCUT2D eigenvalue weighted by Gasteiger charge is -2.15. The van der Waals surface area contributed by atoms with E-state index in [0.29, 0.717) is 12.8 Å². The van der Waals surface area contributed by atoms with E-state index < -0.39 is 6.10 Å². The van der Waals surface area contributed by atoms with Crippen LogP contribution in [0.4, 0.5) is 0 Å². The van der Waals surface area contributed by atoms with Crippen molar-refractivity contribution < 1.29 is 24.2 Å². The van der Waals surface area contributed by atoms with Gasteiger partial charge in [-0.3, -0.25) is 9.59 Å². The second-order valence-corrected chi connectivity index (χ2v) is 20.0. The SMILES string of the molecule is CC/C=C\C/C=C\C/C=C\C/C=C\C/C=C\C/C=C\C/C=C\CCCCCCCCCCCCCCCCCCCCCC(=O)OC(CO)COC(=O)CCCCCCC/C=C\CCCCCCCCC. The summed E-state index contributed by atoms with van der Waals surface area (Å²) in [4.78, 5) is 24.5. The summed E-state index contributed by atoms with van der Waals surface area (Å²) in [6, 6.07) is 0. The van der Waals surface area contributed by atoms with Gasteiger partial charge in [0.25, 0.3) is 0 Å². The molecule has 0 aliphatic rings. The summed E-state index contributed by atoms with van der Waals surface area (Å²) in [7, 11) is 0. The van der Waals surface area contributed by atoms with Gasteiger partial charge in [0.1, 0.15) is 6.61 Å². The van der Waals surface area contributed by atoms with Crippen LogP contribution in [-0.2, 0) is 19.1 Å². The molecule has 1 atom stereocenters. The zero-order valence-electron chi connectivity index (χ0n) is 46.7. The first-order valence-corrected chi connectivity index (χ1v) is 30.3. The molecule has 0 bridgehead atoms. The van der Waals surface area contributed by atoms with Crippen LogP contribution >= 0.6 is 0 Å². The number of carbonyl (C=O) groups excluding carboxylic acids is 2. The summed E-state index contributed by atoms with van der Waals surface area (Å²) in [5.74, 6) is -0.592. The molecule has 5 heteroatoms. The van der Waals surface area contributed by atoms with Crippen LogP contribution in [-0.4, -0.2) is 36.4 Å². The Labute approximate surface area is 440 Å². The largest absolute Gasteiger partial charge is 0.462 e. The number of rotatable bonds is 55. The van der Waals surface area contributed by atoms with Crippen LogP contribution in [0, 0.1) is 0 Å². The predicted molar refractivity (Wildman–Crippen MR) is 311 cm³/mol. The number of ether oxygens (including phenoxy) is 2. The summed E-state index contributed by atoms with van der Waals surface area (Å²) in [5, 5.41) is 9.65. The third-order valence-electron chi connectivity index (χ3n) is 13.1. The van der Waals surface area contributed by atoms with Crippen molar-refractivity contribution in [3.05, 3.63) is 97.2 Å². The van der Waals surface area contributed by atoms with Gasteiger partial charge < -0.3 is 14.6 Å². The van der Waals surface area contributed by atoms with Gasteiger partial charge in [0.15, 0.2) is 6.10 Å². The average Bonchev–Trinajstić information content (AvgIpc) is 3.37. The van der Waals surface area contributed by atoms with Crippen molar-refractivity contribution in [2.45, 2.75) is 296 Å². The number of aliphatic hydroxyl groups excluding tert-OH is 1. The van der Waals surface area contributed by atoms with Gasteiger partial charge in [0.2, 0.25) is 0 Å². The van der Waals surface area contributed by atoms with Crippen LogP contribution in [0.25, 0.3) is 0 Å². The molecule has 0 spiro atoms. The lowest BCUT2D eigenvalue weighted by molar-refractivity contribution is -0.161. The first kappa shape index (κ1) is 67.8. The Morgan fingerprint density at radius 1 is 0.338 bits per heavy atom. The smallest absolute Gasteiger partial charge is 0.306 e. The quantitative estimate of drug-likeness (QED) is 0.0373. The van der Waals surface area contributed by atoms with Crippen molar-refractivity contribution in [3.8, 4) is 0 Å². The lowest BCUT2D eigenvalue weighted by atomic mass is 10.0. The van der Waals surface area contributed by atoms with Crippen LogP contribution in [0.2, 0.25) is 0 Å². The van der Waals surface area contributed by atoms with Crippen molar-refractivity contribution >= 4 is 11.9 Å². The molecule has 0 saturated heterocycles. The number of carbonyl (C=O) groups is 2. The molecule has 0 fully saturated rings. The van der Waals surface area contributed by atoms with E-state index in [0.717, 1.165) is 89.9 Å². The number of aliphatic hydroxyl groups is 1. The summed E-state index contributed by atoms with van der Waals surface area (Å²) in [5.41, 5.74) is 0. The highest BCUT2D eigenvalue weighted by Gasteiger charge is 2.16. The molecule has 0 aliphatic heterocycles. The molecule has 0 radical (unpaired) electrons. The van der Waals surface area contributed by atoms with Gasteiger partial charge in [-0.2, -0.15) is 0 Å². The van der Waals surface area contributed by atoms with Crippen LogP contribution in [0.1, 0.15) is 290 Å². The fourth-order valence-corrected chi connectivity index (χ4v) is 8.59. The molecule has 0 saturated carbocycles. The Balaban J connectivity index is 3.46. The Kier molecular flexibility index (Phi) is 58.4. The molecule has 5 nitrogen and oxygen atoms in total. The third-order valence-corrected chi connectivity index (χ3v) is 13.1. The lowest BCUT2D eigenvalue weighted by Crippen LogP contribution is -2.28. The van der Waals surface area contributed by atoms with Crippen LogP contribution in [0.15, 0.2) is 97.2 Å². The summed E-state index contributed by atoms with van der Waals surface area (Å²) >= 11 is 0. The number of hydrogen-bond acceptors (Lipinski definition) is 5. The van der Waals surface area contributed by atoms with Crippen LogP contribution in [0.3, 0.4) is 0 Å². The molecule has 0 aromatic heterocycles. The highest BCUT2D eigenvalue weighted by Crippen LogP contribution is 2.16. The van der Waals surface area contributed by atoms with E-state index in [9.17, 15) is 14.7 Å². The van der Waals surface area contributed by atoms with Crippen molar-refractivity contribution in [2.75, 3.05) is 13.2 Å². The third kappa shape index (κ3) is 59.3. The van der Waals surface area contributed by atoms with Gasteiger partial charge in [-0.1, -0.05) is 278 Å². The topological polar surface area (TPSA) is 72.8 Å². The standard InChI is InChI=1S/C66H114O5/c1-3-5-7-9-11-13-15-17-19-21-22-23-24-25-26-27-28-29-30-31-32-33-34-35-36-37-38-39-40-41-42-43-44-45-47-49-51-53-55-57-59-61-66(69)71-64(62-67)63-70-65(68)60-58-56-54-52-50-48-46-20-18-16-14-12-10-8-6-4-2/h5,7,11,13,17,19-20,22-23,25-26,28-29,31-32,46,64,67H,3-4,6,8-10,12,14-16,18,21,24,27,30,33-45,47-63H2,1-2H3/b7-5-,13-11-,19-17-,23-22-,26-25-,29-28-,32-31-,46-20-. The second-order valence-electron chi connectivity index (χ2n) is 20.0. The van der Waals surface area contributed by atoms with Gasteiger partial charge in [0.05, 0.1) is 6.61 Å². The van der Waals surface area contributed by atoms with Crippen molar-refractivity contribution in [1.29, 1.82) is 0 Å². The van der Waals surface area contributed by atoms with Crippen LogP contribution < -0.4 is 0 Å². The number of esters is 2. The molecule has 0 aromatic carbocycles. The maximum absolute atomic E-state index is 12.3. The maximum Gasteiger partial charge on any atom is 0.306 e.